The Bertz CT molecular complexity index is 691. The van der Waals surface area contributed by atoms with Crippen molar-refractivity contribution in [2.75, 3.05) is 11.4 Å². The van der Waals surface area contributed by atoms with Crippen LogP contribution in [-0.4, -0.2) is 35.0 Å². The molecule has 2 unspecified atom stereocenters. The summed E-state index contributed by atoms with van der Waals surface area (Å²) < 4.78 is 0. The second kappa shape index (κ2) is 7.44. The highest BCUT2D eigenvalue weighted by molar-refractivity contribution is 6.33. The molecule has 1 fully saturated rings. The van der Waals surface area contributed by atoms with E-state index in [1.165, 1.54) is 4.90 Å². The Balaban J connectivity index is 2.12. The molecule has 1 aromatic carbocycles. The zero-order valence-corrected chi connectivity index (χ0v) is 15.3. The second-order valence-corrected chi connectivity index (χ2v) is 7.40. The van der Waals surface area contributed by atoms with E-state index in [-0.39, 0.29) is 37.1 Å². The molecule has 25 heavy (non-hydrogen) atoms. The molecule has 0 bridgehead atoms. The molecule has 1 aromatic rings. The van der Waals surface area contributed by atoms with E-state index in [1.807, 2.05) is 13.8 Å². The van der Waals surface area contributed by atoms with Crippen molar-refractivity contribution >= 4 is 35.1 Å². The molecule has 0 radical (unpaired) electrons. The first kappa shape index (κ1) is 19.2. The van der Waals surface area contributed by atoms with Gasteiger partial charge >= 0.3 is 5.97 Å². The molecule has 7 heteroatoms. The zero-order valence-electron chi connectivity index (χ0n) is 14.6. The van der Waals surface area contributed by atoms with Crippen LogP contribution in [0.5, 0.6) is 0 Å². The number of carboxylic acids is 1. The smallest absolute Gasteiger partial charge is 0.305 e. The van der Waals surface area contributed by atoms with Gasteiger partial charge in [0.25, 0.3) is 0 Å². The van der Waals surface area contributed by atoms with E-state index in [2.05, 4.69) is 5.32 Å². The lowest BCUT2D eigenvalue weighted by molar-refractivity contribution is -0.140. The highest BCUT2D eigenvalue weighted by Gasteiger charge is 2.40. The molecule has 1 aliphatic heterocycles. The van der Waals surface area contributed by atoms with Gasteiger partial charge in [-0.1, -0.05) is 37.6 Å². The normalized spacial score (nSPS) is 19.8. The minimum Gasteiger partial charge on any atom is -0.481 e. The van der Waals surface area contributed by atoms with Gasteiger partial charge in [0.15, 0.2) is 0 Å². The Morgan fingerprint density at radius 3 is 2.60 bits per heavy atom. The van der Waals surface area contributed by atoms with E-state index < -0.39 is 17.4 Å². The number of amides is 2. The van der Waals surface area contributed by atoms with Crippen LogP contribution in [0.2, 0.25) is 5.02 Å². The summed E-state index contributed by atoms with van der Waals surface area (Å²) in [5, 5.41) is 12.4. The molecule has 1 aliphatic rings. The van der Waals surface area contributed by atoms with Crippen LogP contribution in [0.1, 0.15) is 33.6 Å². The number of rotatable bonds is 6. The second-order valence-electron chi connectivity index (χ2n) is 6.99. The van der Waals surface area contributed by atoms with Gasteiger partial charge in [0, 0.05) is 18.5 Å². The minimum absolute atomic E-state index is 0.0654. The quantitative estimate of drug-likeness (QED) is 0.810. The molecule has 0 aromatic heterocycles. The third-order valence-electron chi connectivity index (χ3n) is 4.84. The minimum atomic E-state index is -0.975. The number of nitrogens with one attached hydrogen (secondary N) is 1. The lowest BCUT2D eigenvalue weighted by atomic mass is 9.84. The van der Waals surface area contributed by atoms with E-state index in [1.54, 1.807) is 31.2 Å². The van der Waals surface area contributed by atoms with Gasteiger partial charge < -0.3 is 15.3 Å². The van der Waals surface area contributed by atoms with Crippen LogP contribution in [-0.2, 0) is 14.4 Å². The maximum Gasteiger partial charge on any atom is 0.305 e. The lowest BCUT2D eigenvalue weighted by Crippen LogP contribution is -2.53. The van der Waals surface area contributed by atoms with Crippen molar-refractivity contribution in [1.29, 1.82) is 0 Å². The number of carbonyl (C=O) groups is 3. The molecular weight excluding hydrogens is 344 g/mol. The van der Waals surface area contributed by atoms with Crippen LogP contribution in [0.15, 0.2) is 24.3 Å². The van der Waals surface area contributed by atoms with Crippen molar-refractivity contribution < 1.29 is 19.5 Å². The standard InChI is InChI=1S/C18H23ClN2O4/c1-11(2)18(3,9-16(23)24)20-17(25)12-8-15(22)21(10-12)14-7-5-4-6-13(14)19/h4-7,11-12H,8-10H2,1-3H3,(H,20,25)(H,23,24). The molecule has 0 spiro atoms. The van der Waals surface area contributed by atoms with Crippen molar-refractivity contribution in [3.63, 3.8) is 0 Å². The van der Waals surface area contributed by atoms with Crippen LogP contribution in [0, 0.1) is 11.8 Å². The largest absolute Gasteiger partial charge is 0.481 e. The highest BCUT2D eigenvalue weighted by Crippen LogP contribution is 2.31. The monoisotopic (exact) mass is 366 g/mol. The van der Waals surface area contributed by atoms with Gasteiger partial charge in [-0.25, -0.2) is 0 Å². The van der Waals surface area contributed by atoms with E-state index in [0.717, 1.165) is 0 Å². The summed E-state index contributed by atoms with van der Waals surface area (Å²) in [5.41, 5.74) is -0.286. The molecular formula is C18H23ClN2O4. The molecule has 0 saturated carbocycles. The first-order valence-corrected chi connectivity index (χ1v) is 8.60. The van der Waals surface area contributed by atoms with Gasteiger partial charge in [-0.2, -0.15) is 0 Å². The van der Waals surface area contributed by atoms with E-state index in [9.17, 15) is 14.4 Å². The Morgan fingerprint density at radius 1 is 1.40 bits per heavy atom. The van der Waals surface area contributed by atoms with E-state index >= 15 is 0 Å². The van der Waals surface area contributed by atoms with Gasteiger partial charge in [0.05, 0.1) is 23.0 Å². The molecule has 2 rings (SSSR count). The topological polar surface area (TPSA) is 86.7 Å². The van der Waals surface area contributed by atoms with Crippen LogP contribution >= 0.6 is 11.6 Å². The average Bonchev–Trinajstić information content (AvgIpc) is 2.88. The molecule has 1 heterocycles. The summed E-state index contributed by atoms with van der Waals surface area (Å²) in [6, 6.07) is 6.99. The summed E-state index contributed by atoms with van der Waals surface area (Å²) in [6.07, 6.45) is -0.0936. The first-order valence-electron chi connectivity index (χ1n) is 8.22. The van der Waals surface area contributed by atoms with Crippen LogP contribution in [0.25, 0.3) is 0 Å². The predicted molar refractivity (Wildman–Crippen MR) is 95.6 cm³/mol. The van der Waals surface area contributed by atoms with Gasteiger partial charge in [0.1, 0.15) is 0 Å². The summed E-state index contributed by atoms with van der Waals surface area (Å²) in [6.45, 7) is 5.67. The SMILES string of the molecule is CC(C)C(C)(CC(=O)O)NC(=O)C1CC(=O)N(c2ccccc2Cl)C1. The third kappa shape index (κ3) is 4.31. The predicted octanol–water partition coefficient (Wildman–Crippen LogP) is 2.70. The van der Waals surface area contributed by atoms with Crippen molar-refractivity contribution in [3.8, 4) is 0 Å². The number of halogens is 1. The number of para-hydroxylation sites is 1. The lowest BCUT2D eigenvalue weighted by Gasteiger charge is -2.34. The Hall–Kier alpha value is -2.08. The zero-order chi connectivity index (χ0) is 18.8. The number of hydrogen-bond donors (Lipinski definition) is 2. The summed E-state index contributed by atoms with van der Waals surface area (Å²) in [4.78, 5) is 37.6. The summed E-state index contributed by atoms with van der Waals surface area (Å²) in [7, 11) is 0. The fraction of sp³-hybridized carbons (Fsp3) is 0.500. The number of carboxylic acid groups (broad SMARTS) is 1. The van der Waals surface area contributed by atoms with Crippen molar-refractivity contribution in [2.24, 2.45) is 11.8 Å². The van der Waals surface area contributed by atoms with Gasteiger partial charge in [-0.3, -0.25) is 14.4 Å². The molecule has 6 nitrogen and oxygen atoms in total. The summed E-state index contributed by atoms with van der Waals surface area (Å²) in [5.74, 6) is -2.05. The Morgan fingerprint density at radius 2 is 2.04 bits per heavy atom. The average molecular weight is 367 g/mol. The number of carbonyl (C=O) groups excluding carboxylic acids is 2. The first-order chi connectivity index (χ1) is 11.6. The molecule has 2 N–H and O–H groups in total. The Kier molecular flexibility index (Phi) is 5.72. The third-order valence-corrected chi connectivity index (χ3v) is 5.16. The number of benzene rings is 1. The maximum absolute atomic E-state index is 12.6. The number of anilines is 1. The van der Waals surface area contributed by atoms with Gasteiger partial charge in [0.2, 0.25) is 11.8 Å². The van der Waals surface area contributed by atoms with Crippen molar-refractivity contribution in [2.45, 2.75) is 39.2 Å². The summed E-state index contributed by atoms with van der Waals surface area (Å²) >= 11 is 6.14. The molecule has 2 atom stereocenters. The van der Waals surface area contributed by atoms with Crippen LogP contribution < -0.4 is 10.2 Å². The number of aliphatic carboxylic acids is 1. The molecule has 136 valence electrons. The van der Waals surface area contributed by atoms with Gasteiger partial charge in [-0.15, -0.1) is 0 Å². The number of nitrogens with zero attached hydrogens (tertiary/aromatic N) is 1. The maximum atomic E-state index is 12.6. The fourth-order valence-corrected chi connectivity index (χ4v) is 3.11. The van der Waals surface area contributed by atoms with E-state index in [4.69, 9.17) is 16.7 Å². The van der Waals surface area contributed by atoms with Crippen LogP contribution in [0.3, 0.4) is 0 Å². The number of hydrogen-bond acceptors (Lipinski definition) is 3. The van der Waals surface area contributed by atoms with Crippen molar-refractivity contribution in [1.82, 2.24) is 5.32 Å². The van der Waals surface area contributed by atoms with Crippen LogP contribution in [0.4, 0.5) is 5.69 Å². The highest BCUT2D eigenvalue weighted by atomic mass is 35.5. The fourth-order valence-electron chi connectivity index (χ4n) is 2.88. The molecule has 2 amide bonds. The Labute approximate surface area is 152 Å². The van der Waals surface area contributed by atoms with Gasteiger partial charge in [-0.05, 0) is 25.0 Å². The molecule has 1 saturated heterocycles. The van der Waals surface area contributed by atoms with Crippen molar-refractivity contribution in [3.05, 3.63) is 29.3 Å². The van der Waals surface area contributed by atoms with E-state index in [0.29, 0.717) is 10.7 Å². The molecule has 0 aliphatic carbocycles.